The van der Waals surface area contributed by atoms with Crippen molar-refractivity contribution in [3.63, 3.8) is 0 Å². The third-order valence-electron chi connectivity index (χ3n) is 3.47. The summed E-state index contributed by atoms with van der Waals surface area (Å²) in [6.45, 7) is 5.35. The second-order valence-corrected chi connectivity index (χ2v) is 4.67. The molecule has 0 radical (unpaired) electrons. The zero-order valence-electron chi connectivity index (χ0n) is 9.91. The van der Waals surface area contributed by atoms with Crippen molar-refractivity contribution in [3.05, 3.63) is 0 Å². The lowest BCUT2D eigenvalue weighted by Crippen LogP contribution is -2.43. The fourth-order valence-electron chi connectivity index (χ4n) is 2.43. The minimum absolute atomic E-state index is 0.216. The standard InChI is InChI=1S/C12H22N2O2/c15-12(11-3-9-16-10-4-11)14-7-2-1-5-13-6-8-14/h11,13H,1-10H2. The number of carbonyl (C=O) groups is 1. The molecule has 0 aromatic heterocycles. The summed E-state index contributed by atoms with van der Waals surface area (Å²) in [5.41, 5.74) is 0. The van der Waals surface area contributed by atoms with E-state index in [0.717, 1.165) is 58.7 Å². The van der Waals surface area contributed by atoms with Crippen LogP contribution >= 0.6 is 0 Å². The number of ether oxygens (including phenoxy) is 1. The molecule has 2 heterocycles. The van der Waals surface area contributed by atoms with Crippen LogP contribution in [-0.4, -0.2) is 50.2 Å². The molecule has 1 amide bonds. The van der Waals surface area contributed by atoms with E-state index in [2.05, 4.69) is 5.32 Å². The molecule has 0 unspecified atom stereocenters. The predicted molar refractivity (Wildman–Crippen MR) is 62.2 cm³/mol. The SMILES string of the molecule is O=C(C1CCOCC1)N1CCCCNCC1. The predicted octanol–water partition coefficient (Wildman–Crippen LogP) is 0.625. The van der Waals surface area contributed by atoms with Crippen molar-refractivity contribution in [3.8, 4) is 0 Å². The van der Waals surface area contributed by atoms with Gasteiger partial charge in [-0.3, -0.25) is 4.79 Å². The van der Waals surface area contributed by atoms with Gasteiger partial charge in [-0.2, -0.15) is 0 Å². The average Bonchev–Trinajstić information content (AvgIpc) is 2.29. The lowest BCUT2D eigenvalue weighted by atomic mass is 9.98. The fourth-order valence-corrected chi connectivity index (χ4v) is 2.43. The second-order valence-electron chi connectivity index (χ2n) is 4.67. The van der Waals surface area contributed by atoms with Crippen molar-refractivity contribution in [2.75, 3.05) is 39.4 Å². The van der Waals surface area contributed by atoms with E-state index in [4.69, 9.17) is 4.74 Å². The average molecular weight is 226 g/mol. The van der Waals surface area contributed by atoms with Crippen LogP contribution in [0.15, 0.2) is 0 Å². The van der Waals surface area contributed by atoms with Gasteiger partial charge in [0.25, 0.3) is 0 Å². The first kappa shape index (κ1) is 11.9. The Hall–Kier alpha value is -0.610. The highest BCUT2D eigenvalue weighted by Crippen LogP contribution is 2.18. The Bertz CT molecular complexity index is 219. The van der Waals surface area contributed by atoms with Gasteiger partial charge in [0.1, 0.15) is 0 Å². The molecule has 0 aromatic rings. The highest BCUT2D eigenvalue weighted by molar-refractivity contribution is 5.78. The number of carbonyl (C=O) groups excluding carboxylic acids is 1. The van der Waals surface area contributed by atoms with Gasteiger partial charge in [0.2, 0.25) is 5.91 Å². The van der Waals surface area contributed by atoms with Crippen LogP contribution in [0.5, 0.6) is 0 Å². The normalized spacial score (nSPS) is 24.9. The van der Waals surface area contributed by atoms with Gasteiger partial charge in [-0.15, -0.1) is 0 Å². The molecule has 16 heavy (non-hydrogen) atoms. The maximum Gasteiger partial charge on any atom is 0.225 e. The topological polar surface area (TPSA) is 41.6 Å². The Morgan fingerprint density at radius 2 is 1.94 bits per heavy atom. The lowest BCUT2D eigenvalue weighted by Gasteiger charge is -2.30. The summed E-state index contributed by atoms with van der Waals surface area (Å²) >= 11 is 0. The number of amides is 1. The molecule has 1 N–H and O–H groups in total. The first-order valence-electron chi connectivity index (χ1n) is 6.45. The zero-order chi connectivity index (χ0) is 11.2. The largest absolute Gasteiger partial charge is 0.381 e. The molecule has 4 nitrogen and oxygen atoms in total. The number of nitrogens with one attached hydrogen (secondary N) is 1. The Morgan fingerprint density at radius 3 is 2.75 bits per heavy atom. The molecule has 0 spiro atoms. The number of hydrogen-bond acceptors (Lipinski definition) is 3. The molecule has 0 aliphatic carbocycles. The Balaban J connectivity index is 1.85. The fraction of sp³-hybridized carbons (Fsp3) is 0.917. The molecule has 0 aromatic carbocycles. The van der Waals surface area contributed by atoms with E-state index in [1.54, 1.807) is 0 Å². The number of rotatable bonds is 1. The maximum absolute atomic E-state index is 12.3. The van der Waals surface area contributed by atoms with Crippen molar-refractivity contribution in [1.82, 2.24) is 10.2 Å². The molecule has 92 valence electrons. The van der Waals surface area contributed by atoms with Crippen LogP contribution in [0.25, 0.3) is 0 Å². The minimum atomic E-state index is 0.216. The van der Waals surface area contributed by atoms with Gasteiger partial charge < -0.3 is 15.0 Å². The third-order valence-corrected chi connectivity index (χ3v) is 3.47. The molecular weight excluding hydrogens is 204 g/mol. The van der Waals surface area contributed by atoms with E-state index >= 15 is 0 Å². The van der Waals surface area contributed by atoms with Gasteiger partial charge in [0.15, 0.2) is 0 Å². The van der Waals surface area contributed by atoms with Crippen LogP contribution in [0.1, 0.15) is 25.7 Å². The summed E-state index contributed by atoms with van der Waals surface area (Å²) in [7, 11) is 0. The van der Waals surface area contributed by atoms with Crippen LogP contribution < -0.4 is 5.32 Å². The molecule has 0 bridgehead atoms. The first-order chi connectivity index (χ1) is 7.88. The molecule has 2 fully saturated rings. The monoisotopic (exact) mass is 226 g/mol. The van der Waals surface area contributed by atoms with Gasteiger partial charge in [0, 0.05) is 38.8 Å². The van der Waals surface area contributed by atoms with Crippen molar-refractivity contribution >= 4 is 5.91 Å². The smallest absolute Gasteiger partial charge is 0.225 e. The number of hydrogen-bond donors (Lipinski definition) is 1. The first-order valence-corrected chi connectivity index (χ1v) is 6.45. The van der Waals surface area contributed by atoms with E-state index < -0.39 is 0 Å². The summed E-state index contributed by atoms with van der Waals surface area (Å²) in [5.74, 6) is 0.570. The summed E-state index contributed by atoms with van der Waals surface area (Å²) < 4.78 is 5.30. The molecular formula is C12H22N2O2. The van der Waals surface area contributed by atoms with Crippen LogP contribution in [-0.2, 0) is 9.53 Å². The Morgan fingerprint density at radius 1 is 1.12 bits per heavy atom. The zero-order valence-corrected chi connectivity index (χ0v) is 9.91. The van der Waals surface area contributed by atoms with Crippen LogP contribution in [0.3, 0.4) is 0 Å². The van der Waals surface area contributed by atoms with E-state index in [9.17, 15) is 4.79 Å². The Labute approximate surface area is 97.3 Å². The molecule has 2 aliphatic rings. The maximum atomic E-state index is 12.3. The summed E-state index contributed by atoms with van der Waals surface area (Å²) in [5, 5.41) is 3.36. The van der Waals surface area contributed by atoms with Gasteiger partial charge in [-0.25, -0.2) is 0 Å². The highest BCUT2D eigenvalue weighted by atomic mass is 16.5. The van der Waals surface area contributed by atoms with Gasteiger partial charge >= 0.3 is 0 Å². The second kappa shape index (κ2) is 6.21. The minimum Gasteiger partial charge on any atom is -0.381 e. The van der Waals surface area contributed by atoms with Gasteiger partial charge in [0.05, 0.1) is 0 Å². The molecule has 4 heteroatoms. The van der Waals surface area contributed by atoms with Crippen molar-refractivity contribution in [2.24, 2.45) is 5.92 Å². The van der Waals surface area contributed by atoms with Crippen LogP contribution in [0, 0.1) is 5.92 Å². The number of nitrogens with zero attached hydrogens (tertiary/aromatic N) is 1. The molecule has 2 saturated heterocycles. The van der Waals surface area contributed by atoms with Crippen LogP contribution in [0.2, 0.25) is 0 Å². The summed E-state index contributed by atoms with van der Waals surface area (Å²) in [6.07, 6.45) is 4.12. The van der Waals surface area contributed by atoms with E-state index in [-0.39, 0.29) is 5.92 Å². The van der Waals surface area contributed by atoms with Crippen molar-refractivity contribution in [1.29, 1.82) is 0 Å². The highest BCUT2D eigenvalue weighted by Gasteiger charge is 2.26. The Kier molecular flexibility index (Phi) is 4.60. The van der Waals surface area contributed by atoms with Crippen LogP contribution in [0.4, 0.5) is 0 Å². The lowest BCUT2D eigenvalue weighted by molar-refractivity contribution is -0.138. The van der Waals surface area contributed by atoms with E-state index in [1.165, 1.54) is 6.42 Å². The van der Waals surface area contributed by atoms with E-state index in [1.807, 2.05) is 4.90 Å². The summed E-state index contributed by atoms with van der Waals surface area (Å²) in [6, 6.07) is 0. The quantitative estimate of drug-likeness (QED) is 0.713. The molecule has 0 atom stereocenters. The van der Waals surface area contributed by atoms with Gasteiger partial charge in [-0.05, 0) is 32.2 Å². The molecule has 0 saturated carbocycles. The van der Waals surface area contributed by atoms with Crippen molar-refractivity contribution in [2.45, 2.75) is 25.7 Å². The molecule has 2 rings (SSSR count). The molecule has 2 aliphatic heterocycles. The van der Waals surface area contributed by atoms with E-state index in [0.29, 0.717) is 5.91 Å². The van der Waals surface area contributed by atoms with Crippen molar-refractivity contribution < 1.29 is 9.53 Å². The van der Waals surface area contributed by atoms with Gasteiger partial charge in [-0.1, -0.05) is 0 Å². The third kappa shape index (κ3) is 3.19. The summed E-state index contributed by atoms with van der Waals surface area (Å²) in [4.78, 5) is 14.3.